The minimum Gasteiger partial charge on any atom is -0.381 e. The second-order valence-corrected chi connectivity index (χ2v) is 5.37. The maximum Gasteiger partial charge on any atom is 0.245 e. The van der Waals surface area contributed by atoms with E-state index in [1.54, 1.807) is 4.90 Å². The Labute approximate surface area is 115 Å². The van der Waals surface area contributed by atoms with Crippen LogP contribution < -0.4 is 5.32 Å². The molecule has 1 heterocycles. The summed E-state index contributed by atoms with van der Waals surface area (Å²) in [5, 5.41) is 2.75. The average Bonchev–Trinajstić information content (AvgIpc) is 2.36. The van der Waals surface area contributed by atoms with Crippen LogP contribution in [0.4, 0.5) is 0 Å². The summed E-state index contributed by atoms with van der Waals surface area (Å²) in [6.07, 6.45) is 2.98. The number of rotatable bonds is 8. The molecule has 0 radical (unpaired) electrons. The number of carbonyl (C=O) groups is 2. The molecule has 1 aliphatic rings. The lowest BCUT2D eigenvalue weighted by Gasteiger charge is -2.34. The van der Waals surface area contributed by atoms with Crippen LogP contribution in [0.5, 0.6) is 0 Å². The maximum atomic E-state index is 12.1. The van der Waals surface area contributed by atoms with Crippen molar-refractivity contribution in [2.45, 2.75) is 46.1 Å². The fourth-order valence-corrected chi connectivity index (χ4v) is 2.08. The predicted octanol–water partition coefficient (Wildman–Crippen LogP) is 1.18. The van der Waals surface area contributed by atoms with Gasteiger partial charge in [0.05, 0.1) is 6.54 Å². The molecule has 19 heavy (non-hydrogen) atoms. The topological polar surface area (TPSA) is 58.6 Å². The Hall–Kier alpha value is -1.10. The third-order valence-electron chi connectivity index (χ3n) is 3.25. The van der Waals surface area contributed by atoms with Crippen LogP contribution >= 0.6 is 0 Å². The zero-order chi connectivity index (χ0) is 14.3. The zero-order valence-corrected chi connectivity index (χ0v) is 12.3. The van der Waals surface area contributed by atoms with Crippen LogP contribution in [0.15, 0.2) is 0 Å². The van der Waals surface area contributed by atoms with Gasteiger partial charge in [0.15, 0.2) is 0 Å². The highest BCUT2D eigenvalue weighted by molar-refractivity contribution is 5.94. The first-order valence-electron chi connectivity index (χ1n) is 7.22. The molecule has 0 aromatic carbocycles. The van der Waals surface area contributed by atoms with Crippen molar-refractivity contribution >= 4 is 11.8 Å². The third-order valence-corrected chi connectivity index (χ3v) is 3.25. The van der Waals surface area contributed by atoms with Crippen molar-refractivity contribution in [3.63, 3.8) is 0 Å². The minimum atomic E-state index is -0.373. The van der Waals surface area contributed by atoms with Crippen LogP contribution in [0.3, 0.4) is 0 Å². The van der Waals surface area contributed by atoms with Gasteiger partial charge in [0.25, 0.3) is 0 Å². The molecule has 1 N–H and O–H groups in total. The molecule has 1 rings (SSSR count). The molecular weight excluding hydrogens is 244 g/mol. The van der Waals surface area contributed by atoms with E-state index in [-0.39, 0.29) is 30.3 Å². The summed E-state index contributed by atoms with van der Waals surface area (Å²) in [5.41, 5.74) is 0. The lowest BCUT2D eigenvalue weighted by atomic mass is 10.0. The van der Waals surface area contributed by atoms with Crippen molar-refractivity contribution in [2.24, 2.45) is 5.92 Å². The third kappa shape index (κ3) is 5.19. The van der Waals surface area contributed by atoms with Gasteiger partial charge in [-0.3, -0.25) is 9.59 Å². The molecule has 110 valence electrons. The summed E-state index contributed by atoms with van der Waals surface area (Å²) in [4.78, 5) is 25.4. The fraction of sp³-hybridized carbons (Fsp3) is 0.857. The normalized spacial score (nSPS) is 20.0. The number of ether oxygens (including phenoxy) is 1. The Morgan fingerprint density at radius 2 is 2.00 bits per heavy atom. The number of piperazine rings is 1. The van der Waals surface area contributed by atoms with Crippen molar-refractivity contribution in [2.75, 3.05) is 26.3 Å². The number of carbonyl (C=O) groups excluding carboxylic acids is 2. The Morgan fingerprint density at radius 1 is 1.32 bits per heavy atom. The van der Waals surface area contributed by atoms with E-state index in [1.807, 2.05) is 13.8 Å². The van der Waals surface area contributed by atoms with Gasteiger partial charge in [-0.05, 0) is 18.8 Å². The first kappa shape index (κ1) is 16.0. The molecule has 0 spiro atoms. The Bertz CT molecular complexity index is 305. The zero-order valence-electron chi connectivity index (χ0n) is 12.3. The fourth-order valence-electron chi connectivity index (χ4n) is 2.08. The van der Waals surface area contributed by atoms with Gasteiger partial charge in [0.1, 0.15) is 6.04 Å². The number of nitrogens with zero attached hydrogens (tertiary/aromatic N) is 1. The molecule has 5 nitrogen and oxygen atoms in total. The van der Waals surface area contributed by atoms with Crippen molar-refractivity contribution in [1.29, 1.82) is 0 Å². The summed E-state index contributed by atoms with van der Waals surface area (Å²) in [5.74, 6) is 0.0911. The predicted molar refractivity (Wildman–Crippen MR) is 73.7 cm³/mol. The van der Waals surface area contributed by atoms with E-state index in [0.717, 1.165) is 25.9 Å². The maximum absolute atomic E-state index is 12.1. The monoisotopic (exact) mass is 270 g/mol. The van der Waals surface area contributed by atoms with E-state index in [0.29, 0.717) is 13.2 Å². The van der Waals surface area contributed by atoms with Crippen LogP contribution in [0.2, 0.25) is 0 Å². The van der Waals surface area contributed by atoms with Gasteiger partial charge in [-0.1, -0.05) is 27.2 Å². The summed E-state index contributed by atoms with van der Waals surface area (Å²) < 4.78 is 5.46. The number of nitrogens with one attached hydrogen (secondary N) is 1. The molecule has 0 saturated carbocycles. The molecule has 1 unspecified atom stereocenters. The van der Waals surface area contributed by atoms with E-state index in [9.17, 15) is 9.59 Å². The summed E-state index contributed by atoms with van der Waals surface area (Å²) in [7, 11) is 0. The van der Waals surface area contributed by atoms with Crippen LogP contribution in [0, 0.1) is 5.92 Å². The molecule has 0 aromatic heterocycles. The highest BCUT2D eigenvalue weighted by Gasteiger charge is 2.33. The van der Waals surface area contributed by atoms with Crippen molar-refractivity contribution < 1.29 is 14.3 Å². The Morgan fingerprint density at radius 3 is 2.63 bits per heavy atom. The van der Waals surface area contributed by atoms with Gasteiger partial charge in [-0.15, -0.1) is 0 Å². The standard InChI is InChI=1S/C14H26N2O3/c1-4-5-8-19-9-6-7-16-10-12(17)15-13(11(2)3)14(16)18/h11,13H,4-10H2,1-3H3,(H,15,17). The molecule has 0 aromatic rings. The lowest BCUT2D eigenvalue weighted by molar-refractivity contribution is -0.145. The van der Waals surface area contributed by atoms with Gasteiger partial charge in [-0.2, -0.15) is 0 Å². The quantitative estimate of drug-likeness (QED) is 0.674. The van der Waals surface area contributed by atoms with Crippen LogP contribution in [0.25, 0.3) is 0 Å². The Kier molecular flexibility index (Phi) is 6.84. The molecule has 0 aliphatic carbocycles. The molecule has 5 heteroatoms. The second kappa shape index (κ2) is 8.15. The largest absolute Gasteiger partial charge is 0.381 e. The van der Waals surface area contributed by atoms with Gasteiger partial charge in [0, 0.05) is 19.8 Å². The molecule has 2 amide bonds. The van der Waals surface area contributed by atoms with Crippen molar-refractivity contribution in [3.8, 4) is 0 Å². The summed E-state index contributed by atoms with van der Waals surface area (Å²) in [6.45, 7) is 8.22. The number of hydrogen-bond donors (Lipinski definition) is 1. The second-order valence-electron chi connectivity index (χ2n) is 5.37. The summed E-state index contributed by atoms with van der Waals surface area (Å²) in [6, 6.07) is -0.373. The van der Waals surface area contributed by atoms with Crippen LogP contribution in [-0.4, -0.2) is 49.1 Å². The number of unbranched alkanes of at least 4 members (excludes halogenated alkanes) is 1. The van der Waals surface area contributed by atoms with E-state index in [2.05, 4.69) is 12.2 Å². The van der Waals surface area contributed by atoms with E-state index in [4.69, 9.17) is 4.74 Å². The first-order valence-corrected chi connectivity index (χ1v) is 7.22. The van der Waals surface area contributed by atoms with E-state index in [1.165, 1.54) is 0 Å². The molecule has 1 atom stereocenters. The van der Waals surface area contributed by atoms with E-state index < -0.39 is 0 Å². The minimum absolute atomic E-state index is 0.0307. The summed E-state index contributed by atoms with van der Waals surface area (Å²) >= 11 is 0. The van der Waals surface area contributed by atoms with E-state index >= 15 is 0 Å². The SMILES string of the molecule is CCCCOCCCN1CC(=O)NC(C(C)C)C1=O. The molecule has 1 aliphatic heterocycles. The van der Waals surface area contributed by atoms with Gasteiger partial charge in [0.2, 0.25) is 11.8 Å². The molecular formula is C14H26N2O3. The van der Waals surface area contributed by atoms with Gasteiger partial charge >= 0.3 is 0 Å². The number of hydrogen-bond acceptors (Lipinski definition) is 3. The first-order chi connectivity index (χ1) is 9.06. The van der Waals surface area contributed by atoms with Crippen LogP contribution in [-0.2, 0) is 14.3 Å². The number of amides is 2. The smallest absolute Gasteiger partial charge is 0.245 e. The average molecular weight is 270 g/mol. The molecule has 0 bridgehead atoms. The van der Waals surface area contributed by atoms with Crippen molar-refractivity contribution in [1.82, 2.24) is 10.2 Å². The highest BCUT2D eigenvalue weighted by atomic mass is 16.5. The lowest BCUT2D eigenvalue weighted by Crippen LogP contribution is -2.59. The van der Waals surface area contributed by atoms with Gasteiger partial charge in [-0.25, -0.2) is 0 Å². The van der Waals surface area contributed by atoms with Crippen molar-refractivity contribution in [3.05, 3.63) is 0 Å². The van der Waals surface area contributed by atoms with Crippen LogP contribution in [0.1, 0.15) is 40.0 Å². The van der Waals surface area contributed by atoms with Gasteiger partial charge < -0.3 is 15.0 Å². The molecule has 1 saturated heterocycles. The molecule has 1 fully saturated rings. The Balaban J connectivity index is 2.31. The highest BCUT2D eigenvalue weighted by Crippen LogP contribution is 2.11.